The molecule has 90 valence electrons. The molecule has 3 heteroatoms. The first-order valence-corrected chi connectivity index (χ1v) is 6.35. The van der Waals surface area contributed by atoms with Crippen molar-refractivity contribution in [3.63, 3.8) is 0 Å². The molecule has 2 atom stereocenters. The van der Waals surface area contributed by atoms with Gasteiger partial charge in [0.15, 0.2) is 0 Å². The molecule has 1 saturated heterocycles. The largest absolute Gasteiger partial charge is 0.378 e. The van der Waals surface area contributed by atoms with Crippen LogP contribution in [0, 0.1) is 5.92 Å². The summed E-state index contributed by atoms with van der Waals surface area (Å²) in [5.41, 5.74) is 0. The highest BCUT2D eigenvalue weighted by atomic mass is 16.5. The summed E-state index contributed by atoms with van der Waals surface area (Å²) < 4.78 is 5.66. The fourth-order valence-corrected chi connectivity index (χ4v) is 2.22. The Morgan fingerprint density at radius 2 is 2.07 bits per heavy atom. The lowest BCUT2D eigenvalue weighted by Crippen LogP contribution is -2.29. The Morgan fingerprint density at radius 1 is 1.27 bits per heavy atom. The highest BCUT2D eigenvalue weighted by Gasteiger charge is 2.25. The van der Waals surface area contributed by atoms with Crippen LogP contribution in [-0.2, 0) is 4.74 Å². The van der Waals surface area contributed by atoms with E-state index in [9.17, 15) is 0 Å². The lowest BCUT2D eigenvalue weighted by molar-refractivity contribution is 0.0873. The summed E-state index contributed by atoms with van der Waals surface area (Å²) in [7, 11) is 2.01. The van der Waals surface area contributed by atoms with Gasteiger partial charge in [-0.1, -0.05) is 6.92 Å². The number of hydrogen-bond donors (Lipinski definition) is 2. The van der Waals surface area contributed by atoms with E-state index >= 15 is 0 Å². The van der Waals surface area contributed by atoms with Gasteiger partial charge in [0.05, 0.1) is 6.10 Å². The second kappa shape index (κ2) is 8.08. The molecule has 1 rings (SSSR count). The van der Waals surface area contributed by atoms with E-state index in [4.69, 9.17) is 4.74 Å². The minimum absolute atomic E-state index is 0.509. The van der Waals surface area contributed by atoms with E-state index in [0.29, 0.717) is 6.10 Å². The molecule has 15 heavy (non-hydrogen) atoms. The van der Waals surface area contributed by atoms with Crippen LogP contribution in [0.3, 0.4) is 0 Å². The molecule has 2 N–H and O–H groups in total. The first-order valence-electron chi connectivity index (χ1n) is 6.35. The van der Waals surface area contributed by atoms with Gasteiger partial charge in [-0.15, -0.1) is 0 Å². The molecule has 0 spiro atoms. The van der Waals surface area contributed by atoms with Crippen LogP contribution in [0.1, 0.15) is 32.6 Å². The molecule has 0 radical (unpaired) electrons. The van der Waals surface area contributed by atoms with Gasteiger partial charge < -0.3 is 15.4 Å². The van der Waals surface area contributed by atoms with Crippen molar-refractivity contribution in [1.82, 2.24) is 10.6 Å². The van der Waals surface area contributed by atoms with Crippen molar-refractivity contribution in [2.45, 2.75) is 38.7 Å². The van der Waals surface area contributed by atoms with Crippen LogP contribution in [0.15, 0.2) is 0 Å². The average molecular weight is 214 g/mol. The van der Waals surface area contributed by atoms with Gasteiger partial charge in [0.1, 0.15) is 0 Å². The third-order valence-electron chi connectivity index (χ3n) is 3.19. The summed E-state index contributed by atoms with van der Waals surface area (Å²) in [6.45, 7) is 6.60. The van der Waals surface area contributed by atoms with Gasteiger partial charge in [-0.3, -0.25) is 0 Å². The lowest BCUT2D eigenvalue weighted by Gasteiger charge is -2.17. The molecule has 2 unspecified atom stereocenters. The quantitative estimate of drug-likeness (QED) is 0.599. The lowest BCUT2D eigenvalue weighted by atomic mass is 10.00. The minimum Gasteiger partial charge on any atom is -0.378 e. The van der Waals surface area contributed by atoms with Crippen LogP contribution in [0.4, 0.5) is 0 Å². The Labute approximate surface area is 94.0 Å². The van der Waals surface area contributed by atoms with E-state index in [-0.39, 0.29) is 0 Å². The summed E-state index contributed by atoms with van der Waals surface area (Å²) in [5.74, 6) is 0.749. The Bertz CT molecular complexity index is 153. The first-order chi connectivity index (χ1) is 7.38. The van der Waals surface area contributed by atoms with Gasteiger partial charge >= 0.3 is 0 Å². The molecule has 0 aromatic rings. The molecule has 1 heterocycles. The molecular formula is C12H26N2O. The number of unbranched alkanes of at least 4 members (excludes halogenated alkanes) is 1. The predicted octanol–water partition coefficient (Wildman–Crippen LogP) is 1.39. The SMILES string of the molecule is CCC1OCCC1CNCCCCNC. The smallest absolute Gasteiger partial charge is 0.0613 e. The van der Waals surface area contributed by atoms with Crippen LogP contribution in [-0.4, -0.2) is 39.4 Å². The maximum Gasteiger partial charge on any atom is 0.0613 e. The van der Waals surface area contributed by atoms with Crippen molar-refractivity contribution in [1.29, 1.82) is 0 Å². The molecule has 0 aromatic heterocycles. The third-order valence-corrected chi connectivity index (χ3v) is 3.19. The van der Waals surface area contributed by atoms with Gasteiger partial charge in [0, 0.05) is 13.2 Å². The first kappa shape index (κ1) is 12.9. The number of rotatable bonds is 8. The van der Waals surface area contributed by atoms with Crippen molar-refractivity contribution in [3.8, 4) is 0 Å². The van der Waals surface area contributed by atoms with Gasteiger partial charge in [-0.2, -0.15) is 0 Å². The van der Waals surface area contributed by atoms with Crippen molar-refractivity contribution >= 4 is 0 Å². The van der Waals surface area contributed by atoms with Crippen LogP contribution >= 0.6 is 0 Å². The van der Waals surface area contributed by atoms with Gasteiger partial charge in [0.2, 0.25) is 0 Å². The summed E-state index contributed by atoms with van der Waals surface area (Å²) in [6.07, 6.45) is 5.44. The fraction of sp³-hybridized carbons (Fsp3) is 1.00. The zero-order valence-electron chi connectivity index (χ0n) is 10.2. The molecule has 3 nitrogen and oxygen atoms in total. The Hall–Kier alpha value is -0.120. The Balaban J connectivity index is 1.95. The number of hydrogen-bond acceptors (Lipinski definition) is 3. The zero-order valence-corrected chi connectivity index (χ0v) is 10.2. The zero-order chi connectivity index (χ0) is 10.9. The standard InChI is InChI=1S/C12H26N2O/c1-3-12-11(6-9-15-12)10-14-8-5-4-7-13-2/h11-14H,3-10H2,1-2H3. The normalized spacial score (nSPS) is 26.0. The highest BCUT2D eigenvalue weighted by Crippen LogP contribution is 2.22. The molecule has 0 bridgehead atoms. The van der Waals surface area contributed by atoms with Crippen molar-refractivity contribution in [2.24, 2.45) is 5.92 Å². The molecule has 0 aliphatic carbocycles. The van der Waals surface area contributed by atoms with Crippen molar-refractivity contribution in [3.05, 3.63) is 0 Å². The van der Waals surface area contributed by atoms with Gasteiger partial charge in [-0.25, -0.2) is 0 Å². The van der Waals surface area contributed by atoms with E-state index in [0.717, 1.165) is 38.6 Å². The number of ether oxygens (including phenoxy) is 1. The third kappa shape index (κ3) is 4.96. The molecule has 0 saturated carbocycles. The highest BCUT2D eigenvalue weighted by molar-refractivity contribution is 4.76. The summed E-state index contributed by atoms with van der Waals surface area (Å²) in [4.78, 5) is 0. The van der Waals surface area contributed by atoms with E-state index in [1.54, 1.807) is 0 Å². The van der Waals surface area contributed by atoms with Crippen LogP contribution in [0.25, 0.3) is 0 Å². The molecule has 1 aliphatic heterocycles. The molecule has 1 fully saturated rings. The maximum atomic E-state index is 5.66. The van der Waals surface area contributed by atoms with Gasteiger partial charge in [0.25, 0.3) is 0 Å². The average Bonchev–Trinajstić information content (AvgIpc) is 2.70. The van der Waals surface area contributed by atoms with Crippen LogP contribution < -0.4 is 10.6 Å². The van der Waals surface area contributed by atoms with Crippen LogP contribution in [0.2, 0.25) is 0 Å². The van der Waals surface area contributed by atoms with Gasteiger partial charge in [-0.05, 0) is 51.7 Å². The Morgan fingerprint density at radius 3 is 2.80 bits per heavy atom. The predicted molar refractivity (Wildman–Crippen MR) is 64.2 cm³/mol. The second-order valence-electron chi connectivity index (χ2n) is 4.38. The molecule has 0 aromatic carbocycles. The topological polar surface area (TPSA) is 33.3 Å². The Kier molecular flexibility index (Phi) is 6.98. The summed E-state index contributed by atoms with van der Waals surface area (Å²) in [5, 5.41) is 6.71. The summed E-state index contributed by atoms with van der Waals surface area (Å²) in [6, 6.07) is 0. The molecule has 1 aliphatic rings. The molecule has 0 amide bonds. The van der Waals surface area contributed by atoms with Crippen LogP contribution in [0.5, 0.6) is 0 Å². The maximum absolute atomic E-state index is 5.66. The summed E-state index contributed by atoms with van der Waals surface area (Å²) >= 11 is 0. The fourth-order valence-electron chi connectivity index (χ4n) is 2.22. The van der Waals surface area contributed by atoms with Crippen molar-refractivity contribution in [2.75, 3.05) is 33.3 Å². The molecular weight excluding hydrogens is 188 g/mol. The second-order valence-corrected chi connectivity index (χ2v) is 4.38. The van der Waals surface area contributed by atoms with E-state index in [1.165, 1.54) is 19.3 Å². The number of nitrogens with one attached hydrogen (secondary N) is 2. The van der Waals surface area contributed by atoms with E-state index in [2.05, 4.69) is 17.6 Å². The minimum atomic E-state index is 0.509. The monoisotopic (exact) mass is 214 g/mol. The van der Waals surface area contributed by atoms with E-state index in [1.807, 2.05) is 7.05 Å². The van der Waals surface area contributed by atoms with E-state index < -0.39 is 0 Å². The van der Waals surface area contributed by atoms with Crippen molar-refractivity contribution < 1.29 is 4.74 Å².